The van der Waals surface area contributed by atoms with Crippen molar-refractivity contribution in [3.05, 3.63) is 35.9 Å². The van der Waals surface area contributed by atoms with Gasteiger partial charge in [0.1, 0.15) is 0 Å². The van der Waals surface area contributed by atoms with Crippen LogP contribution >= 0.6 is 0 Å². The molecule has 1 aromatic rings. The molecule has 1 heteroatoms. The number of rotatable bonds is 8. The van der Waals surface area contributed by atoms with E-state index in [1.165, 1.54) is 44.2 Å². The van der Waals surface area contributed by atoms with E-state index in [0.29, 0.717) is 0 Å². The van der Waals surface area contributed by atoms with E-state index in [2.05, 4.69) is 90.6 Å². The van der Waals surface area contributed by atoms with E-state index >= 15 is 0 Å². The maximum atomic E-state index is 2.72. The first kappa shape index (κ1) is 21.2. The maximum absolute atomic E-state index is 2.72. The molecule has 0 aliphatic rings. The molecule has 1 aromatic carbocycles. The van der Waals surface area contributed by atoms with Crippen LogP contribution in [0.4, 0.5) is 0 Å². The van der Waals surface area contributed by atoms with Gasteiger partial charge in [0, 0.05) is 11.1 Å². The highest BCUT2D eigenvalue weighted by Crippen LogP contribution is 2.39. The molecule has 0 atom stereocenters. The molecule has 0 fully saturated rings. The summed E-state index contributed by atoms with van der Waals surface area (Å²) in [6, 6.07) is 10.9. The lowest BCUT2D eigenvalue weighted by molar-refractivity contribution is -0.0411. The first-order valence-corrected chi connectivity index (χ1v) is 9.78. The molecule has 0 spiro atoms. The van der Waals surface area contributed by atoms with Gasteiger partial charge in [0.25, 0.3) is 0 Å². The van der Waals surface area contributed by atoms with E-state index in [0.717, 1.165) is 0 Å². The molecule has 0 saturated carbocycles. The molecule has 0 saturated heterocycles. The SMILES string of the molecule is CC(C)(C)N(CCCCCCc1ccccc1)C(C)(C)C(C)(C)C. The van der Waals surface area contributed by atoms with E-state index in [1.807, 2.05) is 0 Å². The third-order valence-corrected chi connectivity index (χ3v) is 5.76. The maximum Gasteiger partial charge on any atom is 0.0206 e. The summed E-state index contributed by atoms with van der Waals surface area (Å²) in [6.45, 7) is 20.2. The molecule has 0 amide bonds. The van der Waals surface area contributed by atoms with Crippen LogP contribution in [-0.4, -0.2) is 22.5 Å². The fourth-order valence-corrected chi connectivity index (χ4v) is 3.46. The Morgan fingerprint density at radius 2 is 1.25 bits per heavy atom. The fraction of sp³-hybridized carbons (Fsp3) is 0.739. The van der Waals surface area contributed by atoms with Crippen molar-refractivity contribution >= 4 is 0 Å². The van der Waals surface area contributed by atoms with Crippen molar-refractivity contribution in [1.82, 2.24) is 4.90 Å². The second kappa shape index (κ2) is 8.52. The predicted molar refractivity (Wildman–Crippen MR) is 109 cm³/mol. The van der Waals surface area contributed by atoms with Crippen LogP contribution in [0.15, 0.2) is 30.3 Å². The summed E-state index contributed by atoms with van der Waals surface area (Å²) in [5, 5.41) is 0. The Morgan fingerprint density at radius 3 is 1.75 bits per heavy atom. The zero-order chi connectivity index (χ0) is 18.4. The van der Waals surface area contributed by atoms with Gasteiger partial charge in [-0.15, -0.1) is 0 Å². The van der Waals surface area contributed by atoms with Gasteiger partial charge in [0.15, 0.2) is 0 Å². The van der Waals surface area contributed by atoms with E-state index in [9.17, 15) is 0 Å². The second-order valence-electron chi connectivity index (χ2n) is 9.78. The van der Waals surface area contributed by atoms with Gasteiger partial charge >= 0.3 is 0 Å². The monoisotopic (exact) mass is 331 g/mol. The van der Waals surface area contributed by atoms with Crippen LogP contribution < -0.4 is 0 Å². The average molecular weight is 332 g/mol. The lowest BCUT2D eigenvalue weighted by atomic mass is 9.73. The largest absolute Gasteiger partial charge is 0.293 e. The zero-order valence-electron chi connectivity index (χ0n) is 17.6. The Kier molecular flexibility index (Phi) is 7.53. The van der Waals surface area contributed by atoms with E-state index in [-0.39, 0.29) is 16.5 Å². The third kappa shape index (κ3) is 6.24. The van der Waals surface area contributed by atoms with Gasteiger partial charge in [-0.1, -0.05) is 63.9 Å². The molecular formula is C23H41N. The van der Waals surface area contributed by atoms with Crippen LogP contribution in [0, 0.1) is 5.41 Å². The number of aryl methyl sites for hydroxylation is 1. The van der Waals surface area contributed by atoms with Crippen LogP contribution in [0.3, 0.4) is 0 Å². The Balaban J connectivity index is 2.44. The van der Waals surface area contributed by atoms with Crippen molar-refractivity contribution < 1.29 is 0 Å². The molecule has 0 N–H and O–H groups in total. The summed E-state index contributed by atoms with van der Waals surface area (Å²) in [4.78, 5) is 2.72. The van der Waals surface area contributed by atoms with Gasteiger partial charge in [-0.3, -0.25) is 4.90 Å². The van der Waals surface area contributed by atoms with Crippen molar-refractivity contribution in [1.29, 1.82) is 0 Å². The smallest absolute Gasteiger partial charge is 0.0206 e. The van der Waals surface area contributed by atoms with Crippen LogP contribution in [0.2, 0.25) is 0 Å². The minimum Gasteiger partial charge on any atom is -0.293 e. The Morgan fingerprint density at radius 1 is 0.708 bits per heavy atom. The van der Waals surface area contributed by atoms with Gasteiger partial charge < -0.3 is 0 Å². The summed E-state index contributed by atoms with van der Waals surface area (Å²) in [5.74, 6) is 0. The highest BCUT2D eigenvalue weighted by molar-refractivity contribution is 5.14. The summed E-state index contributed by atoms with van der Waals surface area (Å²) in [5.41, 5.74) is 2.15. The van der Waals surface area contributed by atoms with Crippen LogP contribution in [-0.2, 0) is 6.42 Å². The molecule has 0 heterocycles. The summed E-state index contributed by atoms with van der Waals surface area (Å²) < 4.78 is 0. The van der Waals surface area contributed by atoms with Crippen molar-refractivity contribution in [3.8, 4) is 0 Å². The number of hydrogen-bond donors (Lipinski definition) is 0. The minimum absolute atomic E-state index is 0.190. The van der Waals surface area contributed by atoms with Crippen molar-refractivity contribution in [2.24, 2.45) is 5.41 Å². The molecule has 0 unspecified atom stereocenters. The van der Waals surface area contributed by atoms with Crippen LogP contribution in [0.1, 0.15) is 86.6 Å². The molecule has 0 radical (unpaired) electrons. The Hall–Kier alpha value is -0.820. The van der Waals surface area contributed by atoms with Gasteiger partial charge in [-0.05, 0) is 71.4 Å². The van der Waals surface area contributed by atoms with Gasteiger partial charge in [-0.2, -0.15) is 0 Å². The minimum atomic E-state index is 0.190. The highest BCUT2D eigenvalue weighted by atomic mass is 15.2. The van der Waals surface area contributed by atoms with Gasteiger partial charge in [-0.25, -0.2) is 0 Å². The molecule has 0 bridgehead atoms. The molecule has 1 nitrogen and oxygen atoms in total. The molecule has 138 valence electrons. The topological polar surface area (TPSA) is 3.24 Å². The van der Waals surface area contributed by atoms with Crippen LogP contribution in [0.25, 0.3) is 0 Å². The number of unbranched alkanes of at least 4 members (excludes halogenated alkanes) is 3. The zero-order valence-corrected chi connectivity index (χ0v) is 17.6. The normalized spacial score (nSPS) is 13.5. The summed E-state index contributed by atoms with van der Waals surface area (Å²) in [7, 11) is 0. The number of benzene rings is 1. The van der Waals surface area contributed by atoms with E-state index < -0.39 is 0 Å². The number of nitrogens with zero attached hydrogens (tertiary/aromatic N) is 1. The molecular weight excluding hydrogens is 290 g/mol. The van der Waals surface area contributed by atoms with E-state index in [4.69, 9.17) is 0 Å². The lowest BCUT2D eigenvalue weighted by Crippen LogP contribution is -2.60. The van der Waals surface area contributed by atoms with Crippen molar-refractivity contribution in [2.75, 3.05) is 6.54 Å². The molecule has 0 aliphatic heterocycles. The Bertz CT molecular complexity index is 459. The van der Waals surface area contributed by atoms with Crippen molar-refractivity contribution in [3.63, 3.8) is 0 Å². The van der Waals surface area contributed by atoms with Gasteiger partial charge in [0.2, 0.25) is 0 Å². The quantitative estimate of drug-likeness (QED) is 0.478. The van der Waals surface area contributed by atoms with Crippen molar-refractivity contribution in [2.45, 2.75) is 98.6 Å². The molecule has 0 aliphatic carbocycles. The standard InChI is InChI=1S/C23H41N/c1-21(2,3)23(7,8)24(22(4,5)6)19-15-10-9-12-16-20-17-13-11-14-18-20/h11,13-14,17-18H,9-10,12,15-16,19H2,1-8H3. The van der Waals surface area contributed by atoms with Gasteiger partial charge in [0.05, 0.1) is 0 Å². The summed E-state index contributed by atoms with van der Waals surface area (Å²) >= 11 is 0. The average Bonchev–Trinajstić information content (AvgIpc) is 2.44. The third-order valence-electron chi connectivity index (χ3n) is 5.76. The molecule has 1 rings (SSSR count). The highest BCUT2D eigenvalue weighted by Gasteiger charge is 2.42. The number of hydrogen-bond acceptors (Lipinski definition) is 1. The molecule has 0 aromatic heterocycles. The first-order chi connectivity index (χ1) is 11.0. The first-order valence-electron chi connectivity index (χ1n) is 9.78. The second-order valence-corrected chi connectivity index (χ2v) is 9.78. The lowest BCUT2D eigenvalue weighted by Gasteiger charge is -2.54. The molecule has 24 heavy (non-hydrogen) atoms. The fourth-order valence-electron chi connectivity index (χ4n) is 3.46. The van der Waals surface area contributed by atoms with Crippen LogP contribution in [0.5, 0.6) is 0 Å². The summed E-state index contributed by atoms with van der Waals surface area (Å²) in [6.07, 6.45) is 6.49. The predicted octanol–water partition coefficient (Wildman–Crippen LogP) is 6.71. The Labute approximate surface area is 151 Å². The van der Waals surface area contributed by atoms with E-state index in [1.54, 1.807) is 0 Å².